The standard InChI is InChI=1S/C27H42FN5O3/c1-21(34)33-11-8-24(26(20-33)30-27(35)29-9-12-31-13-15-36-16-14-31)19-32-10-2-3-23(18-32)17-22-4-6-25(28)7-5-22/h4-7,23-24,26H,2-3,8-20H2,1H3,(H2,29,30,35)/t23-,24-,26-/m0/s1. The maximum absolute atomic E-state index is 13.3. The smallest absolute Gasteiger partial charge is 0.315 e. The molecule has 0 radical (unpaired) electrons. The first-order valence-electron chi connectivity index (χ1n) is 13.5. The summed E-state index contributed by atoms with van der Waals surface area (Å²) >= 11 is 0. The largest absolute Gasteiger partial charge is 0.379 e. The fourth-order valence-corrected chi connectivity index (χ4v) is 5.81. The van der Waals surface area contributed by atoms with Crippen LogP contribution in [0.3, 0.4) is 0 Å². The van der Waals surface area contributed by atoms with Crippen LogP contribution in [0.1, 0.15) is 31.7 Å². The number of nitrogens with one attached hydrogen (secondary N) is 2. The summed E-state index contributed by atoms with van der Waals surface area (Å²) < 4.78 is 18.7. The number of likely N-dealkylation sites (tertiary alicyclic amines) is 2. The van der Waals surface area contributed by atoms with Crippen molar-refractivity contribution in [2.24, 2.45) is 11.8 Å². The van der Waals surface area contributed by atoms with Crippen molar-refractivity contribution in [1.29, 1.82) is 0 Å². The van der Waals surface area contributed by atoms with Crippen molar-refractivity contribution in [3.8, 4) is 0 Å². The SMILES string of the molecule is CC(=O)N1CC[C@@H](CN2CCC[C@@H](Cc3ccc(F)cc3)C2)[C@@H](NC(=O)NCCN2CCOCC2)C1. The van der Waals surface area contributed by atoms with Crippen molar-refractivity contribution < 1.29 is 18.7 Å². The molecule has 3 aliphatic rings. The summed E-state index contributed by atoms with van der Waals surface area (Å²) in [5.41, 5.74) is 1.19. The highest BCUT2D eigenvalue weighted by atomic mass is 19.1. The Bertz CT molecular complexity index is 848. The van der Waals surface area contributed by atoms with Crippen LogP contribution < -0.4 is 10.6 Å². The van der Waals surface area contributed by atoms with Gasteiger partial charge in [-0.15, -0.1) is 0 Å². The lowest BCUT2D eigenvalue weighted by Crippen LogP contribution is -2.58. The van der Waals surface area contributed by atoms with Crippen LogP contribution in [0.25, 0.3) is 0 Å². The second kappa shape index (κ2) is 13.4. The molecule has 8 nitrogen and oxygen atoms in total. The number of halogens is 1. The average molecular weight is 504 g/mol. The van der Waals surface area contributed by atoms with Crippen LogP contribution in [0.2, 0.25) is 0 Å². The minimum atomic E-state index is -0.190. The number of carbonyl (C=O) groups is 2. The van der Waals surface area contributed by atoms with E-state index in [0.717, 1.165) is 78.3 Å². The third-order valence-corrected chi connectivity index (χ3v) is 7.87. The fourth-order valence-electron chi connectivity index (χ4n) is 5.81. The van der Waals surface area contributed by atoms with Crippen LogP contribution in [-0.4, -0.2) is 105 Å². The Hall–Kier alpha value is -2.23. The molecule has 1 aromatic rings. The molecule has 3 saturated heterocycles. The van der Waals surface area contributed by atoms with Crippen LogP contribution in [0, 0.1) is 17.7 Å². The molecule has 3 aliphatic heterocycles. The van der Waals surface area contributed by atoms with E-state index in [2.05, 4.69) is 20.4 Å². The molecule has 0 aromatic heterocycles. The predicted octanol–water partition coefficient (Wildman–Crippen LogP) is 1.95. The van der Waals surface area contributed by atoms with Crippen molar-refractivity contribution >= 4 is 11.9 Å². The van der Waals surface area contributed by atoms with Gasteiger partial charge in [0.2, 0.25) is 5.91 Å². The summed E-state index contributed by atoms with van der Waals surface area (Å²) in [6.45, 7) is 10.6. The Kier molecular flexibility index (Phi) is 9.95. The second-order valence-electron chi connectivity index (χ2n) is 10.6. The zero-order valence-corrected chi connectivity index (χ0v) is 21.6. The number of benzene rings is 1. The molecule has 3 fully saturated rings. The van der Waals surface area contributed by atoms with Crippen LogP contribution in [0.4, 0.5) is 9.18 Å². The van der Waals surface area contributed by atoms with Gasteiger partial charge in [0.05, 0.1) is 19.3 Å². The van der Waals surface area contributed by atoms with Gasteiger partial charge in [-0.3, -0.25) is 9.69 Å². The highest BCUT2D eigenvalue weighted by Crippen LogP contribution is 2.25. The Morgan fingerprint density at radius 3 is 2.56 bits per heavy atom. The van der Waals surface area contributed by atoms with E-state index >= 15 is 0 Å². The number of morpholine rings is 1. The molecule has 9 heteroatoms. The lowest BCUT2D eigenvalue weighted by molar-refractivity contribution is -0.130. The molecule has 3 amide bonds. The number of nitrogens with zero attached hydrogens (tertiary/aromatic N) is 3. The van der Waals surface area contributed by atoms with Crippen LogP contribution in [0.15, 0.2) is 24.3 Å². The molecule has 0 bridgehead atoms. The summed E-state index contributed by atoms with van der Waals surface area (Å²) in [6.07, 6.45) is 4.19. The Labute approximate surface area is 214 Å². The predicted molar refractivity (Wildman–Crippen MR) is 137 cm³/mol. The van der Waals surface area contributed by atoms with Crippen LogP contribution >= 0.6 is 0 Å². The maximum atomic E-state index is 13.3. The summed E-state index contributed by atoms with van der Waals surface area (Å²) in [5.74, 6) is 0.724. The number of urea groups is 1. The first-order chi connectivity index (χ1) is 17.5. The van der Waals surface area contributed by atoms with Crippen molar-refractivity contribution in [3.63, 3.8) is 0 Å². The van der Waals surface area contributed by atoms with E-state index in [1.54, 1.807) is 19.1 Å². The number of ether oxygens (including phenoxy) is 1. The zero-order valence-electron chi connectivity index (χ0n) is 21.6. The average Bonchev–Trinajstić information content (AvgIpc) is 2.87. The number of hydrogen-bond acceptors (Lipinski definition) is 5. The monoisotopic (exact) mass is 503 g/mol. The summed E-state index contributed by atoms with van der Waals surface area (Å²) in [7, 11) is 0. The number of piperidine rings is 2. The molecule has 3 heterocycles. The molecular weight excluding hydrogens is 461 g/mol. The second-order valence-corrected chi connectivity index (χ2v) is 10.6. The van der Waals surface area contributed by atoms with Gasteiger partial charge in [-0.2, -0.15) is 0 Å². The Balaban J connectivity index is 1.28. The third kappa shape index (κ3) is 8.15. The van der Waals surface area contributed by atoms with Crippen molar-refractivity contribution in [1.82, 2.24) is 25.3 Å². The first kappa shape index (κ1) is 26.8. The molecule has 2 N–H and O–H groups in total. The van der Waals surface area contributed by atoms with Gasteiger partial charge in [-0.05, 0) is 61.8 Å². The molecular formula is C27H42FN5O3. The molecule has 200 valence electrons. The molecule has 0 spiro atoms. The molecule has 36 heavy (non-hydrogen) atoms. The van der Waals surface area contributed by atoms with Crippen LogP contribution in [-0.2, 0) is 16.0 Å². The van der Waals surface area contributed by atoms with Gasteiger partial charge < -0.3 is 25.2 Å². The fraction of sp³-hybridized carbons (Fsp3) is 0.704. The van der Waals surface area contributed by atoms with E-state index in [4.69, 9.17) is 4.74 Å². The molecule has 0 unspecified atom stereocenters. The summed E-state index contributed by atoms with van der Waals surface area (Å²) in [5, 5.41) is 6.20. The van der Waals surface area contributed by atoms with E-state index in [1.807, 2.05) is 17.0 Å². The zero-order chi connectivity index (χ0) is 25.3. The quantitative estimate of drug-likeness (QED) is 0.567. The Morgan fingerprint density at radius 1 is 1.03 bits per heavy atom. The summed E-state index contributed by atoms with van der Waals surface area (Å²) in [6, 6.07) is 6.65. The highest BCUT2D eigenvalue weighted by molar-refractivity contribution is 5.75. The minimum absolute atomic E-state index is 0.0605. The van der Waals surface area contributed by atoms with Gasteiger partial charge >= 0.3 is 6.03 Å². The van der Waals surface area contributed by atoms with E-state index < -0.39 is 0 Å². The summed E-state index contributed by atoms with van der Waals surface area (Å²) in [4.78, 5) is 31.5. The van der Waals surface area contributed by atoms with E-state index in [0.29, 0.717) is 24.9 Å². The number of carbonyl (C=O) groups excluding carboxylic acids is 2. The topological polar surface area (TPSA) is 77.2 Å². The molecule has 4 rings (SSSR count). The van der Waals surface area contributed by atoms with Crippen molar-refractivity contribution in [3.05, 3.63) is 35.6 Å². The lowest BCUT2D eigenvalue weighted by atomic mass is 9.87. The van der Waals surface area contributed by atoms with E-state index in [-0.39, 0.29) is 23.8 Å². The first-order valence-corrected chi connectivity index (χ1v) is 13.5. The van der Waals surface area contributed by atoms with Gasteiger partial charge in [0.1, 0.15) is 5.82 Å². The highest BCUT2D eigenvalue weighted by Gasteiger charge is 2.33. The maximum Gasteiger partial charge on any atom is 0.315 e. The van der Waals surface area contributed by atoms with Gasteiger partial charge in [0, 0.05) is 59.3 Å². The van der Waals surface area contributed by atoms with Crippen molar-refractivity contribution in [2.45, 2.75) is 38.6 Å². The molecule has 0 saturated carbocycles. The Morgan fingerprint density at radius 2 is 1.81 bits per heavy atom. The minimum Gasteiger partial charge on any atom is -0.379 e. The van der Waals surface area contributed by atoms with E-state index in [9.17, 15) is 14.0 Å². The van der Waals surface area contributed by atoms with Gasteiger partial charge in [-0.25, -0.2) is 9.18 Å². The van der Waals surface area contributed by atoms with Crippen LogP contribution in [0.5, 0.6) is 0 Å². The molecule has 0 aliphatic carbocycles. The lowest BCUT2D eigenvalue weighted by Gasteiger charge is -2.42. The van der Waals surface area contributed by atoms with Gasteiger partial charge in [0.15, 0.2) is 0 Å². The number of rotatable bonds is 8. The normalized spacial score (nSPS) is 25.9. The molecule has 1 aromatic carbocycles. The van der Waals surface area contributed by atoms with Gasteiger partial charge in [-0.1, -0.05) is 12.1 Å². The number of amides is 3. The third-order valence-electron chi connectivity index (χ3n) is 7.87. The molecule has 3 atom stereocenters. The van der Waals surface area contributed by atoms with Gasteiger partial charge in [0.25, 0.3) is 0 Å². The van der Waals surface area contributed by atoms with E-state index in [1.165, 1.54) is 12.0 Å². The number of hydrogen-bond donors (Lipinski definition) is 2. The van der Waals surface area contributed by atoms with Crippen molar-refractivity contribution in [2.75, 3.05) is 72.1 Å².